The molecule has 2 aromatic rings. The lowest BCUT2D eigenvalue weighted by atomic mass is 9.85. The molecule has 3 aliphatic rings. The highest BCUT2D eigenvalue weighted by molar-refractivity contribution is 6.23. The fourth-order valence-corrected chi connectivity index (χ4v) is 5.28. The second-order valence-corrected chi connectivity index (χ2v) is 8.29. The van der Waals surface area contributed by atoms with E-state index in [4.69, 9.17) is 4.74 Å². The maximum atomic E-state index is 13.4. The van der Waals surface area contributed by atoms with Crippen molar-refractivity contribution in [2.24, 2.45) is 23.7 Å². The van der Waals surface area contributed by atoms with Gasteiger partial charge in [0, 0.05) is 11.8 Å². The van der Waals surface area contributed by atoms with Crippen molar-refractivity contribution in [1.82, 2.24) is 0 Å². The lowest BCUT2D eigenvalue weighted by Gasteiger charge is -2.20. The fraction of sp³-hybridized carbons (Fsp3) is 0.308. The van der Waals surface area contributed by atoms with Gasteiger partial charge in [0.15, 0.2) is 0 Å². The maximum absolute atomic E-state index is 13.4. The van der Waals surface area contributed by atoms with Gasteiger partial charge >= 0.3 is 0 Å². The monoisotopic (exact) mass is 399 g/mol. The molecular formula is C26H25NO3. The Balaban J connectivity index is 1.45. The topological polar surface area (TPSA) is 46.6 Å². The van der Waals surface area contributed by atoms with Gasteiger partial charge in [0.05, 0.1) is 24.1 Å². The highest BCUT2D eigenvalue weighted by atomic mass is 16.5. The quantitative estimate of drug-likeness (QED) is 0.532. The number of carbonyl (C=O) groups excluding carboxylic acids is 2. The predicted octanol–water partition coefficient (Wildman–Crippen LogP) is 4.87. The molecule has 1 aliphatic heterocycles. The van der Waals surface area contributed by atoms with E-state index in [1.54, 1.807) is 0 Å². The molecule has 0 unspecified atom stereocenters. The minimum absolute atomic E-state index is 0.00816. The van der Waals surface area contributed by atoms with Crippen LogP contribution in [-0.4, -0.2) is 18.4 Å². The molecule has 2 fully saturated rings. The lowest BCUT2D eigenvalue weighted by Crippen LogP contribution is -2.33. The van der Waals surface area contributed by atoms with Gasteiger partial charge in [0.2, 0.25) is 11.8 Å². The highest BCUT2D eigenvalue weighted by Gasteiger charge is 2.62. The van der Waals surface area contributed by atoms with Crippen LogP contribution < -0.4 is 9.64 Å². The van der Waals surface area contributed by atoms with Crippen molar-refractivity contribution in [1.29, 1.82) is 0 Å². The van der Waals surface area contributed by atoms with Crippen LogP contribution in [0.2, 0.25) is 0 Å². The minimum atomic E-state index is -0.294. The summed E-state index contributed by atoms with van der Waals surface area (Å²) in [5.41, 5.74) is 4.22. The molecule has 152 valence electrons. The van der Waals surface area contributed by atoms with Crippen LogP contribution in [0.4, 0.5) is 5.69 Å². The number of hydrogen-bond acceptors (Lipinski definition) is 3. The van der Waals surface area contributed by atoms with Crippen LogP contribution >= 0.6 is 0 Å². The number of anilines is 1. The van der Waals surface area contributed by atoms with Gasteiger partial charge in [-0.2, -0.15) is 0 Å². The zero-order chi connectivity index (χ0) is 20.8. The third-order valence-corrected chi connectivity index (χ3v) is 6.62. The number of nitrogens with zero attached hydrogens (tertiary/aromatic N) is 1. The van der Waals surface area contributed by atoms with Gasteiger partial charge in [-0.05, 0) is 48.7 Å². The summed E-state index contributed by atoms with van der Waals surface area (Å²) in [4.78, 5) is 28.1. The van der Waals surface area contributed by atoms with Crippen LogP contribution in [-0.2, 0) is 9.59 Å². The summed E-state index contributed by atoms with van der Waals surface area (Å²) < 4.78 is 5.62. The van der Waals surface area contributed by atoms with E-state index in [-0.39, 0.29) is 35.5 Å². The summed E-state index contributed by atoms with van der Waals surface area (Å²) in [5.74, 6) is 0.0206. The van der Waals surface area contributed by atoms with Crippen molar-refractivity contribution in [2.45, 2.75) is 20.3 Å². The average molecular weight is 399 g/mol. The van der Waals surface area contributed by atoms with E-state index in [0.717, 1.165) is 17.7 Å². The predicted molar refractivity (Wildman–Crippen MR) is 117 cm³/mol. The Morgan fingerprint density at radius 3 is 2.07 bits per heavy atom. The van der Waals surface area contributed by atoms with Gasteiger partial charge in [-0.1, -0.05) is 55.0 Å². The van der Waals surface area contributed by atoms with Gasteiger partial charge in [-0.25, -0.2) is 4.90 Å². The molecule has 0 radical (unpaired) electrons. The molecular weight excluding hydrogens is 374 g/mol. The molecule has 0 spiro atoms. The minimum Gasteiger partial charge on any atom is -0.494 e. The van der Waals surface area contributed by atoms with Gasteiger partial charge in [-0.15, -0.1) is 0 Å². The number of imide groups is 1. The van der Waals surface area contributed by atoms with Crippen molar-refractivity contribution >= 4 is 23.1 Å². The smallest absolute Gasteiger partial charge is 0.238 e. The molecule has 4 nitrogen and oxygen atoms in total. The SMILES string of the molecule is CCCOc1ccc(N2C(=O)[C@@H]3[C@@H](C2=O)[C@H]2C=C[C@H]3C2=C(C)c2ccccc2)cc1. The van der Waals surface area contributed by atoms with Crippen LogP contribution in [0.5, 0.6) is 5.75 Å². The van der Waals surface area contributed by atoms with Crippen molar-refractivity contribution in [3.8, 4) is 5.75 Å². The Morgan fingerprint density at radius 1 is 0.900 bits per heavy atom. The Bertz CT molecular complexity index is 1020. The van der Waals surface area contributed by atoms with Gasteiger partial charge in [0.1, 0.15) is 5.75 Å². The molecule has 4 heteroatoms. The number of benzene rings is 2. The largest absolute Gasteiger partial charge is 0.494 e. The standard InChI is InChI=1S/C26H25NO3/c1-3-15-30-19-11-9-18(10-12-19)27-25(28)23-20-13-14-21(24(23)26(27)29)22(20)16(2)17-7-5-4-6-8-17/h4-14,20-21,23-24H,3,15H2,1-2H3/t20-,21-,23-,24-/m0/s1. The summed E-state index contributed by atoms with van der Waals surface area (Å²) in [6.07, 6.45) is 5.19. The summed E-state index contributed by atoms with van der Waals surface area (Å²) >= 11 is 0. The molecule has 2 bridgehead atoms. The van der Waals surface area contributed by atoms with Crippen LogP contribution in [0, 0.1) is 23.7 Å². The fourth-order valence-electron chi connectivity index (χ4n) is 5.28. The van der Waals surface area contributed by atoms with Crippen LogP contribution in [0.1, 0.15) is 25.8 Å². The van der Waals surface area contributed by atoms with E-state index in [1.807, 2.05) is 42.5 Å². The van der Waals surface area contributed by atoms with E-state index in [1.165, 1.54) is 16.0 Å². The molecule has 0 aromatic heterocycles. The normalized spacial score (nSPS) is 26.5. The first kappa shape index (κ1) is 18.9. The van der Waals surface area contributed by atoms with Gasteiger partial charge in [0.25, 0.3) is 0 Å². The van der Waals surface area contributed by atoms with E-state index in [2.05, 4.69) is 38.1 Å². The zero-order valence-electron chi connectivity index (χ0n) is 17.2. The van der Waals surface area contributed by atoms with Crippen LogP contribution in [0.25, 0.3) is 5.57 Å². The molecule has 0 N–H and O–H groups in total. The second kappa shape index (κ2) is 7.28. The molecule has 1 saturated carbocycles. The van der Waals surface area contributed by atoms with Gasteiger partial charge < -0.3 is 4.74 Å². The number of ether oxygens (including phenoxy) is 1. The molecule has 2 aliphatic carbocycles. The maximum Gasteiger partial charge on any atom is 0.238 e. The van der Waals surface area contributed by atoms with Crippen molar-refractivity contribution < 1.29 is 14.3 Å². The van der Waals surface area contributed by atoms with Crippen molar-refractivity contribution in [3.05, 3.63) is 77.9 Å². The Hall–Kier alpha value is -3.14. The summed E-state index contributed by atoms with van der Waals surface area (Å²) in [7, 11) is 0. The molecule has 4 atom stereocenters. The molecule has 30 heavy (non-hydrogen) atoms. The average Bonchev–Trinajstić information content (AvgIpc) is 3.42. The second-order valence-electron chi connectivity index (χ2n) is 8.29. The number of fused-ring (bicyclic) bond motifs is 5. The number of allylic oxidation sites excluding steroid dienone is 4. The van der Waals surface area contributed by atoms with Crippen LogP contribution in [0.15, 0.2) is 72.3 Å². The first-order valence-corrected chi connectivity index (χ1v) is 10.7. The summed E-state index contributed by atoms with van der Waals surface area (Å²) in [5, 5.41) is 0. The summed E-state index contributed by atoms with van der Waals surface area (Å²) in [6.45, 7) is 4.82. The van der Waals surface area contributed by atoms with Crippen molar-refractivity contribution in [2.75, 3.05) is 11.5 Å². The highest BCUT2D eigenvalue weighted by Crippen LogP contribution is 2.58. The number of amides is 2. The number of hydrogen-bond donors (Lipinski definition) is 0. The first-order chi connectivity index (χ1) is 14.6. The van der Waals surface area contributed by atoms with E-state index in [0.29, 0.717) is 12.3 Å². The van der Waals surface area contributed by atoms with E-state index < -0.39 is 0 Å². The molecule has 2 aromatic carbocycles. The Morgan fingerprint density at radius 2 is 1.50 bits per heavy atom. The molecule has 1 heterocycles. The van der Waals surface area contributed by atoms with Crippen LogP contribution in [0.3, 0.4) is 0 Å². The molecule has 1 saturated heterocycles. The molecule has 5 rings (SSSR count). The number of carbonyl (C=O) groups is 2. The zero-order valence-corrected chi connectivity index (χ0v) is 17.2. The number of rotatable bonds is 5. The first-order valence-electron chi connectivity index (χ1n) is 10.7. The summed E-state index contributed by atoms with van der Waals surface area (Å²) in [6, 6.07) is 17.5. The Labute approximate surface area is 176 Å². The van der Waals surface area contributed by atoms with Crippen molar-refractivity contribution in [3.63, 3.8) is 0 Å². The van der Waals surface area contributed by atoms with Gasteiger partial charge in [-0.3, -0.25) is 9.59 Å². The third-order valence-electron chi connectivity index (χ3n) is 6.62. The molecule has 2 amide bonds. The lowest BCUT2D eigenvalue weighted by molar-refractivity contribution is -0.122. The van der Waals surface area contributed by atoms with E-state index >= 15 is 0 Å². The Kier molecular flexibility index (Phi) is 4.58. The third kappa shape index (κ3) is 2.74. The van der Waals surface area contributed by atoms with E-state index in [9.17, 15) is 9.59 Å².